The number of aromatic nitrogens is 3. The Morgan fingerprint density at radius 2 is 1.82 bits per heavy atom. The van der Waals surface area contributed by atoms with Crippen LogP contribution in [0.2, 0.25) is 5.02 Å². The zero-order valence-electron chi connectivity index (χ0n) is 11.4. The molecule has 6 heteroatoms. The van der Waals surface area contributed by atoms with Crippen LogP contribution in [0.3, 0.4) is 0 Å². The first kappa shape index (κ1) is 14.2. The maximum Gasteiger partial charge on any atom is 0.274 e. The molecule has 0 spiro atoms. The Morgan fingerprint density at radius 1 is 1.00 bits per heavy atom. The van der Waals surface area contributed by atoms with E-state index in [4.69, 9.17) is 11.6 Å². The zero-order chi connectivity index (χ0) is 15.4. The van der Waals surface area contributed by atoms with E-state index in [0.29, 0.717) is 22.2 Å². The third-order valence-electron chi connectivity index (χ3n) is 2.89. The lowest BCUT2D eigenvalue weighted by Crippen LogP contribution is -2.13. The molecule has 3 aromatic rings. The summed E-state index contributed by atoms with van der Waals surface area (Å²) in [4.78, 5) is 24.4. The minimum atomic E-state index is -0.306. The molecule has 1 amide bonds. The molecule has 1 N–H and O–H groups in total. The second kappa shape index (κ2) is 6.32. The number of anilines is 1. The Hall–Kier alpha value is -2.79. The molecule has 5 nitrogen and oxygen atoms in total. The molecular formula is C16H11ClN4O. The van der Waals surface area contributed by atoms with Crippen molar-refractivity contribution in [3.63, 3.8) is 0 Å². The molecule has 1 aromatic carbocycles. The van der Waals surface area contributed by atoms with Gasteiger partial charge in [0.05, 0.1) is 18.1 Å². The number of halogens is 1. The molecule has 108 valence electrons. The molecular weight excluding hydrogens is 300 g/mol. The maximum absolute atomic E-state index is 12.0. The molecule has 22 heavy (non-hydrogen) atoms. The van der Waals surface area contributed by atoms with Crippen molar-refractivity contribution in [1.29, 1.82) is 0 Å². The summed E-state index contributed by atoms with van der Waals surface area (Å²) >= 11 is 5.94. The molecule has 2 heterocycles. The number of hydrogen-bond acceptors (Lipinski definition) is 4. The average Bonchev–Trinajstić information content (AvgIpc) is 2.56. The summed E-state index contributed by atoms with van der Waals surface area (Å²) in [7, 11) is 0. The van der Waals surface area contributed by atoms with Crippen LogP contribution in [0.1, 0.15) is 10.5 Å². The van der Waals surface area contributed by atoms with Gasteiger partial charge in [-0.2, -0.15) is 0 Å². The van der Waals surface area contributed by atoms with Gasteiger partial charge in [0.2, 0.25) is 0 Å². The average molecular weight is 311 g/mol. The van der Waals surface area contributed by atoms with Gasteiger partial charge in [0.15, 0.2) is 5.82 Å². The van der Waals surface area contributed by atoms with E-state index in [0.717, 1.165) is 5.56 Å². The number of rotatable bonds is 3. The number of nitrogens with one attached hydrogen (secondary N) is 1. The van der Waals surface area contributed by atoms with Crippen LogP contribution in [0.5, 0.6) is 0 Å². The van der Waals surface area contributed by atoms with Gasteiger partial charge in [-0.15, -0.1) is 0 Å². The van der Waals surface area contributed by atoms with Crippen molar-refractivity contribution in [3.05, 3.63) is 71.8 Å². The summed E-state index contributed by atoms with van der Waals surface area (Å²) in [6.07, 6.45) is 4.65. The molecule has 0 radical (unpaired) electrons. The fourth-order valence-electron chi connectivity index (χ4n) is 1.86. The zero-order valence-corrected chi connectivity index (χ0v) is 12.2. The Kier molecular flexibility index (Phi) is 4.07. The van der Waals surface area contributed by atoms with Gasteiger partial charge in [0, 0.05) is 16.8 Å². The van der Waals surface area contributed by atoms with Gasteiger partial charge in [0.25, 0.3) is 5.91 Å². The van der Waals surface area contributed by atoms with Gasteiger partial charge in [0.1, 0.15) is 5.69 Å². The highest BCUT2D eigenvalue weighted by atomic mass is 35.5. The van der Waals surface area contributed by atoms with E-state index in [1.807, 2.05) is 12.1 Å². The molecule has 0 saturated heterocycles. The highest BCUT2D eigenvalue weighted by Gasteiger charge is 2.08. The summed E-state index contributed by atoms with van der Waals surface area (Å²) < 4.78 is 0. The van der Waals surface area contributed by atoms with Crippen molar-refractivity contribution in [2.45, 2.75) is 0 Å². The third kappa shape index (κ3) is 3.27. The predicted molar refractivity (Wildman–Crippen MR) is 84.7 cm³/mol. The van der Waals surface area contributed by atoms with Crippen LogP contribution in [0, 0.1) is 0 Å². The second-order valence-corrected chi connectivity index (χ2v) is 4.91. The van der Waals surface area contributed by atoms with Crippen molar-refractivity contribution >= 4 is 23.2 Å². The van der Waals surface area contributed by atoms with Crippen molar-refractivity contribution in [2.75, 3.05) is 5.32 Å². The number of carbonyl (C=O) groups is 1. The summed E-state index contributed by atoms with van der Waals surface area (Å²) in [5, 5.41) is 3.31. The Morgan fingerprint density at radius 3 is 2.50 bits per heavy atom. The van der Waals surface area contributed by atoms with Crippen LogP contribution in [-0.4, -0.2) is 20.9 Å². The molecule has 0 bridgehead atoms. The number of carbonyl (C=O) groups excluding carboxylic acids is 1. The van der Waals surface area contributed by atoms with Crippen LogP contribution in [0.25, 0.3) is 11.4 Å². The predicted octanol–water partition coefficient (Wildman–Crippen LogP) is 3.44. The fourth-order valence-corrected chi connectivity index (χ4v) is 2.05. The molecule has 2 aromatic heterocycles. The quantitative estimate of drug-likeness (QED) is 0.804. The van der Waals surface area contributed by atoms with Crippen molar-refractivity contribution in [3.8, 4) is 11.4 Å². The lowest BCUT2D eigenvalue weighted by molar-refractivity contribution is 0.102. The van der Waals surface area contributed by atoms with Crippen LogP contribution in [0.4, 0.5) is 5.69 Å². The van der Waals surface area contributed by atoms with Crippen LogP contribution in [-0.2, 0) is 0 Å². The van der Waals surface area contributed by atoms with Crippen molar-refractivity contribution in [1.82, 2.24) is 15.0 Å². The first-order chi connectivity index (χ1) is 10.7. The Bertz CT molecular complexity index is 791. The van der Waals surface area contributed by atoms with E-state index >= 15 is 0 Å². The van der Waals surface area contributed by atoms with Gasteiger partial charge in [-0.05, 0) is 24.3 Å². The van der Waals surface area contributed by atoms with Gasteiger partial charge in [-0.25, -0.2) is 9.97 Å². The molecule has 0 aliphatic heterocycles. The summed E-state index contributed by atoms with van der Waals surface area (Å²) in [6, 6.07) is 12.4. The highest BCUT2D eigenvalue weighted by Crippen LogP contribution is 2.19. The lowest BCUT2D eigenvalue weighted by Gasteiger charge is -2.05. The number of amides is 1. The normalized spacial score (nSPS) is 10.2. The van der Waals surface area contributed by atoms with E-state index in [1.165, 1.54) is 0 Å². The molecule has 0 unspecified atom stereocenters. The van der Waals surface area contributed by atoms with E-state index in [1.54, 1.807) is 48.9 Å². The van der Waals surface area contributed by atoms with Gasteiger partial charge < -0.3 is 5.32 Å². The first-order valence-corrected chi connectivity index (χ1v) is 6.90. The first-order valence-electron chi connectivity index (χ1n) is 6.53. The van der Waals surface area contributed by atoms with Crippen molar-refractivity contribution < 1.29 is 4.79 Å². The Labute approximate surface area is 132 Å². The van der Waals surface area contributed by atoms with E-state index in [2.05, 4.69) is 20.3 Å². The van der Waals surface area contributed by atoms with Gasteiger partial charge in [-0.1, -0.05) is 29.8 Å². The van der Waals surface area contributed by atoms with Crippen LogP contribution >= 0.6 is 11.6 Å². The van der Waals surface area contributed by atoms with E-state index in [-0.39, 0.29) is 5.91 Å². The molecule has 0 aliphatic carbocycles. The van der Waals surface area contributed by atoms with Crippen LogP contribution < -0.4 is 5.32 Å². The van der Waals surface area contributed by atoms with Crippen molar-refractivity contribution in [2.24, 2.45) is 0 Å². The number of pyridine rings is 1. The monoisotopic (exact) mass is 310 g/mol. The van der Waals surface area contributed by atoms with Gasteiger partial charge >= 0.3 is 0 Å². The van der Waals surface area contributed by atoms with E-state index < -0.39 is 0 Å². The highest BCUT2D eigenvalue weighted by molar-refractivity contribution is 6.30. The van der Waals surface area contributed by atoms with Crippen LogP contribution in [0.15, 0.2) is 61.1 Å². The fraction of sp³-hybridized carbons (Fsp3) is 0. The molecule has 0 atom stereocenters. The molecule has 0 aliphatic rings. The molecule has 0 fully saturated rings. The number of nitrogens with zero attached hydrogens (tertiary/aromatic N) is 3. The Balaban J connectivity index is 1.76. The van der Waals surface area contributed by atoms with E-state index in [9.17, 15) is 4.79 Å². The SMILES string of the molecule is O=C(Nc1cnc(-c2cccc(Cl)c2)nc1)c1ccccn1. The number of hydrogen-bond donors (Lipinski definition) is 1. The third-order valence-corrected chi connectivity index (χ3v) is 3.13. The number of benzene rings is 1. The largest absolute Gasteiger partial charge is 0.318 e. The standard InChI is InChI=1S/C16H11ClN4O/c17-12-5-3-4-11(8-12)15-19-9-13(10-20-15)21-16(22)14-6-1-2-7-18-14/h1-10H,(H,21,22). The summed E-state index contributed by atoms with van der Waals surface area (Å²) in [5.41, 5.74) is 1.65. The minimum absolute atomic E-state index is 0.306. The summed E-state index contributed by atoms with van der Waals surface area (Å²) in [6.45, 7) is 0. The molecule has 3 rings (SSSR count). The second-order valence-electron chi connectivity index (χ2n) is 4.47. The minimum Gasteiger partial charge on any atom is -0.318 e. The maximum atomic E-state index is 12.0. The van der Waals surface area contributed by atoms with Gasteiger partial charge in [-0.3, -0.25) is 9.78 Å². The smallest absolute Gasteiger partial charge is 0.274 e. The lowest BCUT2D eigenvalue weighted by atomic mass is 10.2. The topological polar surface area (TPSA) is 67.8 Å². The molecule has 0 saturated carbocycles. The summed E-state index contributed by atoms with van der Waals surface area (Å²) in [5.74, 6) is 0.234.